The van der Waals surface area contributed by atoms with E-state index >= 15 is 0 Å². The predicted octanol–water partition coefficient (Wildman–Crippen LogP) is 2.20. The van der Waals surface area contributed by atoms with E-state index in [4.69, 9.17) is 0 Å². The van der Waals surface area contributed by atoms with Gasteiger partial charge in [0.15, 0.2) is 0 Å². The average molecular weight is 173 g/mol. The standard InChI is InChI=1S/C9H19NS/c1-8(7-11)6-10(5)9(2,3)4/h11H,1,6-7H2,2-5H3. The molecule has 0 heterocycles. The topological polar surface area (TPSA) is 3.24 Å². The van der Waals surface area contributed by atoms with Crippen LogP contribution >= 0.6 is 12.6 Å². The van der Waals surface area contributed by atoms with Crippen LogP contribution in [-0.2, 0) is 0 Å². The highest BCUT2D eigenvalue weighted by molar-refractivity contribution is 7.80. The Hall–Kier alpha value is 0.0500. The molecule has 0 aromatic heterocycles. The third-order valence-electron chi connectivity index (χ3n) is 1.83. The molecule has 2 heteroatoms. The molecule has 0 aliphatic carbocycles. The van der Waals surface area contributed by atoms with E-state index in [1.807, 2.05) is 0 Å². The van der Waals surface area contributed by atoms with Gasteiger partial charge in [0.05, 0.1) is 0 Å². The minimum absolute atomic E-state index is 0.228. The molecule has 0 N–H and O–H groups in total. The van der Waals surface area contributed by atoms with E-state index in [0.717, 1.165) is 12.3 Å². The molecule has 0 saturated carbocycles. The summed E-state index contributed by atoms with van der Waals surface area (Å²) in [6.45, 7) is 11.4. The molecule has 66 valence electrons. The van der Waals surface area contributed by atoms with Crippen molar-refractivity contribution in [3.8, 4) is 0 Å². The molecule has 0 spiro atoms. The number of likely N-dealkylation sites (N-methyl/N-ethyl adjacent to an activating group) is 1. The summed E-state index contributed by atoms with van der Waals surface area (Å²) in [4.78, 5) is 2.27. The maximum atomic E-state index is 4.16. The summed E-state index contributed by atoms with van der Waals surface area (Å²) in [6, 6.07) is 0. The fourth-order valence-corrected chi connectivity index (χ4v) is 0.723. The largest absolute Gasteiger partial charge is 0.298 e. The number of nitrogens with zero attached hydrogens (tertiary/aromatic N) is 1. The van der Waals surface area contributed by atoms with Gasteiger partial charge < -0.3 is 0 Å². The number of hydrogen-bond donors (Lipinski definition) is 1. The fourth-order valence-electron chi connectivity index (χ4n) is 0.623. The number of hydrogen-bond acceptors (Lipinski definition) is 2. The minimum Gasteiger partial charge on any atom is -0.298 e. The smallest absolute Gasteiger partial charge is 0.0200 e. The van der Waals surface area contributed by atoms with Crippen LogP contribution < -0.4 is 0 Å². The summed E-state index contributed by atoms with van der Waals surface area (Å²) in [7, 11) is 2.11. The van der Waals surface area contributed by atoms with E-state index in [1.54, 1.807) is 0 Å². The first kappa shape index (κ1) is 11.1. The maximum absolute atomic E-state index is 4.16. The van der Waals surface area contributed by atoms with Crippen LogP contribution in [0, 0.1) is 0 Å². The van der Waals surface area contributed by atoms with Gasteiger partial charge in [0, 0.05) is 17.8 Å². The molecule has 0 unspecified atom stereocenters. The van der Waals surface area contributed by atoms with Gasteiger partial charge in [-0.05, 0) is 27.8 Å². The Morgan fingerprint density at radius 1 is 1.45 bits per heavy atom. The van der Waals surface area contributed by atoms with Crippen LogP contribution in [0.5, 0.6) is 0 Å². The highest BCUT2D eigenvalue weighted by Gasteiger charge is 2.16. The Morgan fingerprint density at radius 2 is 1.91 bits per heavy atom. The predicted molar refractivity (Wildman–Crippen MR) is 55.4 cm³/mol. The van der Waals surface area contributed by atoms with E-state index in [-0.39, 0.29) is 5.54 Å². The first-order valence-electron chi connectivity index (χ1n) is 3.86. The molecule has 0 fully saturated rings. The van der Waals surface area contributed by atoms with Gasteiger partial charge in [-0.3, -0.25) is 4.90 Å². The molecule has 0 aromatic carbocycles. The van der Waals surface area contributed by atoms with Gasteiger partial charge in [0.2, 0.25) is 0 Å². The summed E-state index contributed by atoms with van der Waals surface area (Å²) in [5, 5.41) is 0. The SMILES string of the molecule is C=C(CS)CN(C)C(C)(C)C. The normalized spacial score (nSPS) is 12.2. The van der Waals surface area contributed by atoms with Crippen LogP contribution in [0.15, 0.2) is 12.2 Å². The van der Waals surface area contributed by atoms with Crippen molar-refractivity contribution >= 4 is 12.6 Å². The molecule has 0 aliphatic heterocycles. The first-order chi connectivity index (χ1) is 4.88. The molecule has 11 heavy (non-hydrogen) atoms. The van der Waals surface area contributed by atoms with E-state index in [0.29, 0.717) is 0 Å². The lowest BCUT2D eigenvalue weighted by Gasteiger charge is -2.32. The van der Waals surface area contributed by atoms with Gasteiger partial charge in [-0.2, -0.15) is 12.6 Å². The minimum atomic E-state index is 0.228. The molecule has 1 nitrogen and oxygen atoms in total. The lowest BCUT2D eigenvalue weighted by molar-refractivity contribution is 0.191. The molecular weight excluding hydrogens is 154 g/mol. The summed E-state index contributed by atoms with van der Waals surface area (Å²) in [5.74, 6) is 0.778. The molecule has 0 atom stereocenters. The quantitative estimate of drug-likeness (QED) is 0.506. The van der Waals surface area contributed by atoms with Crippen LogP contribution in [-0.4, -0.2) is 29.8 Å². The van der Waals surface area contributed by atoms with Crippen molar-refractivity contribution in [2.75, 3.05) is 19.3 Å². The lowest BCUT2D eigenvalue weighted by atomic mass is 10.1. The second-order valence-corrected chi connectivity index (χ2v) is 4.25. The maximum Gasteiger partial charge on any atom is 0.0200 e. The second kappa shape index (κ2) is 4.17. The fraction of sp³-hybridized carbons (Fsp3) is 0.778. The van der Waals surface area contributed by atoms with Crippen molar-refractivity contribution in [3.05, 3.63) is 12.2 Å². The molecular formula is C9H19NS. The second-order valence-electron chi connectivity index (χ2n) is 3.93. The van der Waals surface area contributed by atoms with E-state index in [9.17, 15) is 0 Å². The Balaban J connectivity index is 3.87. The molecule has 0 bridgehead atoms. The van der Waals surface area contributed by atoms with Gasteiger partial charge in [-0.25, -0.2) is 0 Å². The summed E-state index contributed by atoms with van der Waals surface area (Å²) in [6.07, 6.45) is 0. The molecule has 0 saturated heterocycles. The van der Waals surface area contributed by atoms with Gasteiger partial charge >= 0.3 is 0 Å². The monoisotopic (exact) mass is 173 g/mol. The van der Waals surface area contributed by atoms with Gasteiger partial charge in [0.25, 0.3) is 0 Å². The van der Waals surface area contributed by atoms with Gasteiger partial charge in [-0.15, -0.1) is 0 Å². The number of rotatable bonds is 3. The van der Waals surface area contributed by atoms with Crippen LogP contribution in [0.1, 0.15) is 20.8 Å². The summed E-state index contributed by atoms with van der Waals surface area (Å²) < 4.78 is 0. The van der Waals surface area contributed by atoms with Crippen LogP contribution in [0.25, 0.3) is 0 Å². The lowest BCUT2D eigenvalue weighted by Crippen LogP contribution is -2.39. The van der Waals surface area contributed by atoms with Crippen molar-refractivity contribution in [2.45, 2.75) is 26.3 Å². The summed E-state index contributed by atoms with van der Waals surface area (Å²) >= 11 is 4.16. The van der Waals surface area contributed by atoms with Crippen molar-refractivity contribution < 1.29 is 0 Å². The zero-order chi connectivity index (χ0) is 9.07. The van der Waals surface area contributed by atoms with E-state index < -0.39 is 0 Å². The molecule has 0 rings (SSSR count). The Labute approximate surface area is 75.9 Å². The third kappa shape index (κ3) is 4.49. The van der Waals surface area contributed by atoms with Crippen LogP contribution in [0.4, 0.5) is 0 Å². The highest BCUT2D eigenvalue weighted by atomic mass is 32.1. The van der Waals surface area contributed by atoms with Gasteiger partial charge in [0.1, 0.15) is 0 Å². The average Bonchev–Trinajstić information content (AvgIpc) is 1.85. The Kier molecular flexibility index (Phi) is 4.19. The van der Waals surface area contributed by atoms with E-state index in [1.165, 1.54) is 5.57 Å². The summed E-state index contributed by atoms with van der Waals surface area (Å²) in [5.41, 5.74) is 1.40. The van der Waals surface area contributed by atoms with Crippen molar-refractivity contribution in [1.29, 1.82) is 0 Å². The van der Waals surface area contributed by atoms with Crippen molar-refractivity contribution in [2.24, 2.45) is 0 Å². The molecule has 0 amide bonds. The van der Waals surface area contributed by atoms with Crippen LogP contribution in [0.3, 0.4) is 0 Å². The molecule has 0 aliphatic rings. The van der Waals surface area contributed by atoms with Gasteiger partial charge in [-0.1, -0.05) is 12.2 Å². The zero-order valence-corrected chi connectivity index (χ0v) is 8.91. The number of thiol groups is 1. The first-order valence-corrected chi connectivity index (χ1v) is 4.50. The third-order valence-corrected chi connectivity index (χ3v) is 2.28. The Morgan fingerprint density at radius 3 is 2.18 bits per heavy atom. The van der Waals surface area contributed by atoms with Crippen molar-refractivity contribution in [3.63, 3.8) is 0 Å². The van der Waals surface area contributed by atoms with Crippen molar-refractivity contribution in [1.82, 2.24) is 4.90 Å². The molecule has 0 radical (unpaired) electrons. The molecule has 0 aromatic rings. The zero-order valence-electron chi connectivity index (χ0n) is 8.02. The highest BCUT2D eigenvalue weighted by Crippen LogP contribution is 2.11. The van der Waals surface area contributed by atoms with Crippen LogP contribution in [0.2, 0.25) is 0 Å². The Bertz CT molecular complexity index is 135. The van der Waals surface area contributed by atoms with E-state index in [2.05, 4.69) is 51.9 Å².